The molecule has 3 rings (SSSR count). The smallest absolute Gasteiger partial charge is 0.170 e. The second-order valence-electron chi connectivity index (χ2n) is 5.41. The van der Waals surface area contributed by atoms with Gasteiger partial charge in [-0.25, -0.2) is 4.39 Å². The second kappa shape index (κ2) is 5.19. The fourth-order valence-corrected chi connectivity index (χ4v) is 3.20. The molecule has 0 spiro atoms. The summed E-state index contributed by atoms with van der Waals surface area (Å²) in [6, 6.07) is 6.48. The number of hydrogen-bond acceptors (Lipinski definition) is 3. The average molecular weight is 278 g/mol. The molecule has 20 heavy (non-hydrogen) atoms. The van der Waals surface area contributed by atoms with E-state index in [-0.39, 0.29) is 5.58 Å². The number of para-hydroxylation sites is 1. The SMILES string of the molecule is CCOC1(C(O)c2cc3cccc(F)c3o2)CCCC1. The quantitative estimate of drug-likeness (QED) is 0.920. The summed E-state index contributed by atoms with van der Waals surface area (Å²) in [7, 11) is 0. The van der Waals surface area contributed by atoms with Gasteiger partial charge in [-0.1, -0.05) is 25.0 Å². The Balaban J connectivity index is 1.98. The summed E-state index contributed by atoms with van der Waals surface area (Å²) in [5.41, 5.74) is -0.384. The molecular formula is C16H19FO3. The maximum absolute atomic E-state index is 13.7. The van der Waals surface area contributed by atoms with Crippen LogP contribution in [-0.4, -0.2) is 17.3 Å². The number of halogens is 1. The summed E-state index contributed by atoms with van der Waals surface area (Å²) >= 11 is 0. The fraction of sp³-hybridized carbons (Fsp3) is 0.500. The Hall–Kier alpha value is -1.39. The van der Waals surface area contributed by atoms with Gasteiger partial charge in [0.25, 0.3) is 0 Å². The number of aliphatic hydroxyl groups is 1. The maximum Gasteiger partial charge on any atom is 0.170 e. The summed E-state index contributed by atoms with van der Waals surface area (Å²) in [5.74, 6) is -0.0155. The lowest BCUT2D eigenvalue weighted by molar-refractivity contribution is -0.124. The lowest BCUT2D eigenvalue weighted by Gasteiger charge is -2.32. The number of furan rings is 1. The van der Waals surface area contributed by atoms with Gasteiger partial charge in [-0.05, 0) is 31.9 Å². The van der Waals surface area contributed by atoms with Crippen LogP contribution < -0.4 is 0 Å². The summed E-state index contributed by atoms with van der Waals surface area (Å²) < 4.78 is 25.0. The standard InChI is InChI=1S/C16H19FO3/c1-2-19-16(8-3-4-9-16)15(18)13-10-11-6-5-7-12(17)14(11)20-13/h5-7,10,15,18H,2-4,8-9H2,1H3. The molecule has 0 aliphatic heterocycles. The minimum atomic E-state index is -0.850. The highest BCUT2D eigenvalue weighted by atomic mass is 19.1. The van der Waals surface area contributed by atoms with Gasteiger partial charge < -0.3 is 14.3 Å². The molecule has 1 heterocycles. The van der Waals surface area contributed by atoms with Crippen molar-refractivity contribution in [2.45, 2.75) is 44.3 Å². The molecule has 1 aliphatic rings. The van der Waals surface area contributed by atoms with E-state index in [1.807, 2.05) is 6.92 Å². The van der Waals surface area contributed by atoms with Crippen LogP contribution in [0.3, 0.4) is 0 Å². The van der Waals surface area contributed by atoms with Crippen molar-refractivity contribution in [3.63, 3.8) is 0 Å². The monoisotopic (exact) mass is 278 g/mol. The van der Waals surface area contributed by atoms with E-state index in [4.69, 9.17) is 9.15 Å². The molecule has 0 saturated heterocycles. The Kier molecular flexibility index (Phi) is 3.52. The number of benzene rings is 1. The number of fused-ring (bicyclic) bond motifs is 1. The molecule has 1 aliphatic carbocycles. The van der Waals surface area contributed by atoms with Crippen molar-refractivity contribution >= 4 is 11.0 Å². The molecule has 0 bridgehead atoms. The van der Waals surface area contributed by atoms with Crippen molar-refractivity contribution < 1.29 is 18.7 Å². The average Bonchev–Trinajstić information content (AvgIpc) is 3.06. The van der Waals surface area contributed by atoms with Crippen LogP contribution in [0.4, 0.5) is 4.39 Å². The molecule has 1 saturated carbocycles. The molecule has 1 atom stereocenters. The van der Waals surface area contributed by atoms with Crippen LogP contribution in [0.25, 0.3) is 11.0 Å². The Labute approximate surface area is 117 Å². The summed E-state index contributed by atoms with van der Waals surface area (Å²) in [4.78, 5) is 0. The molecule has 1 unspecified atom stereocenters. The van der Waals surface area contributed by atoms with Crippen molar-refractivity contribution in [2.75, 3.05) is 6.61 Å². The number of ether oxygens (including phenoxy) is 1. The molecule has 3 nitrogen and oxygen atoms in total. The highest BCUT2D eigenvalue weighted by Crippen LogP contribution is 2.44. The number of hydrogen-bond donors (Lipinski definition) is 1. The van der Waals surface area contributed by atoms with Gasteiger partial charge >= 0.3 is 0 Å². The maximum atomic E-state index is 13.7. The van der Waals surface area contributed by atoms with Gasteiger partial charge in [-0.2, -0.15) is 0 Å². The van der Waals surface area contributed by atoms with Gasteiger partial charge in [-0.15, -0.1) is 0 Å². The zero-order valence-electron chi connectivity index (χ0n) is 11.6. The van der Waals surface area contributed by atoms with Crippen LogP contribution in [0.2, 0.25) is 0 Å². The highest BCUT2D eigenvalue weighted by molar-refractivity contribution is 5.78. The molecule has 1 aromatic carbocycles. The lowest BCUT2D eigenvalue weighted by Crippen LogP contribution is -2.36. The number of rotatable bonds is 4. The van der Waals surface area contributed by atoms with E-state index >= 15 is 0 Å². The fourth-order valence-electron chi connectivity index (χ4n) is 3.20. The minimum Gasteiger partial charge on any atom is -0.455 e. The minimum absolute atomic E-state index is 0.200. The Morgan fingerprint density at radius 2 is 2.15 bits per heavy atom. The van der Waals surface area contributed by atoms with Crippen LogP contribution in [0.1, 0.15) is 44.5 Å². The largest absolute Gasteiger partial charge is 0.455 e. The van der Waals surface area contributed by atoms with E-state index in [0.717, 1.165) is 25.7 Å². The van der Waals surface area contributed by atoms with Crippen LogP contribution in [0.15, 0.2) is 28.7 Å². The van der Waals surface area contributed by atoms with Gasteiger partial charge in [0, 0.05) is 12.0 Å². The molecule has 2 aromatic rings. The van der Waals surface area contributed by atoms with Gasteiger partial charge in [0.2, 0.25) is 0 Å². The van der Waals surface area contributed by atoms with Gasteiger partial charge in [0.05, 0.1) is 0 Å². The zero-order valence-corrected chi connectivity index (χ0v) is 11.6. The first-order valence-corrected chi connectivity index (χ1v) is 7.16. The van der Waals surface area contributed by atoms with Crippen LogP contribution >= 0.6 is 0 Å². The predicted octanol–water partition coefficient (Wildman–Crippen LogP) is 3.95. The van der Waals surface area contributed by atoms with Crippen LogP contribution in [0, 0.1) is 5.82 Å². The van der Waals surface area contributed by atoms with E-state index in [9.17, 15) is 9.50 Å². The molecule has 1 aromatic heterocycles. The van der Waals surface area contributed by atoms with Crippen molar-refractivity contribution in [1.82, 2.24) is 0 Å². The van der Waals surface area contributed by atoms with Gasteiger partial charge in [0.15, 0.2) is 11.4 Å². The molecular weight excluding hydrogens is 259 g/mol. The van der Waals surface area contributed by atoms with E-state index in [0.29, 0.717) is 17.8 Å². The molecule has 1 fully saturated rings. The Morgan fingerprint density at radius 3 is 2.80 bits per heavy atom. The summed E-state index contributed by atoms with van der Waals surface area (Å²) in [6.45, 7) is 2.47. The number of aliphatic hydroxyl groups excluding tert-OH is 1. The van der Waals surface area contributed by atoms with E-state index in [1.54, 1.807) is 18.2 Å². The molecule has 0 amide bonds. The van der Waals surface area contributed by atoms with Crippen LogP contribution in [-0.2, 0) is 4.74 Å². The molecule has 0 radical (unpaired) electrons. The van der Waals surface area contributed by atoms with Crippen molar-refractivity contribution in [1.29, 1.82) is 0 Å². The van der Waals surface area contributed by atoms with E-state index in [1.165, 1.54) is 6.07 Å². The topological polar surface area (TPSA) is 42.6 Å². The summed E-state index contributed by atoms with van der Waals surface area (Å²) in [5, 5.41) is 11.3. The third-order valence-corrected chi connectivity index (χ3v) is 4.16. The van der Waals surface area contributed by atoms with Crippen molar-refractivity contribution in [2.24, 2.45) is 0 Å². The van der Waals surface area contributed by atoms with Crippen molar-refractivity contribution in [3.8, 4) is 0 Å². The van der Waals surface area contributed by atoms with Crippen molar-refractivity contribution in [3.05, 3.63) is 35.8 Å². The predicted molar refractivity (Wildman–Crippen MR) is 74.0 cm³/mol. The summed E-state index contributed by atoms with van der Waals surface area (Å²) in [6.07, 6.45) is 2.83. The van der Waals surface area contributed by atoms with Gasteiger partial charge in [0.1, 0.15) is 17.5 Å². The van der Waals surface area contributed by atoms with E-state index < -0.39 is 17.5 Å². The van der Waals surface area contributed by atoms with Gasteiger partial charge in [-0.3, -0.25) is 0 Å². The Morgan fingerprint density at radius 1 is 1.40 bits per heavy atom. The second-order valence-corrected chi connectivity index (χ2v) is 5.41. The van der Waals surface area contributed by atoms with Crippen LogP contribution in [0.5, 0.6) is 0 Å². The first-order chi connectivity index (χ1) is 9.66. The Bertz CT molecular complexity index is 599. The normalized spacial score (nSPS) is 19.6. The van der Waals surface area contributed by atoms with E-state index in [2.05, 4.69) is 0 Å². The third-order valence-electron chi connectivity index (χ3n) is 4.16. The molecule has 1 N–H and O–H groups in total. The highest BCUT2D eigenvalue weighted by Gasteiger charge is 2.43. The molecule has 4 heteroatoms. The lowest BCUT2D eigenvalue weighted by atomic mass is 9.92. The molecule has 108 valence electrons. The third kappa shape index (κ3) is 2.13. The zero-order chi connectivity index (χ0) is 14.2. The first kappa shape index (κ1) is 13.6. The first-order valence-electron chi connectivity index (χ1n) is 7.16.